The number of ether oxygens (including phenoxy) is 1. The summed E-state index contributed by atoms with van der Waals surface area (Å²) in [7, 11) is 1.75. The number of carbonyl (C=O) groups is 2. The largest absolute Gasteiger partial charge is 0.478 e. The molecular formula is C20H22ClNO4. The summed E-state index contributed by atoms with van der Waals surface area (Å²) in [4.78, 5) is 25.1. The highest BCUT2D eigenvalue weighted by atomic mass is 35.5. The summed E-state index contributed by atoms with van der Waals surface area (Å²) >= 11 is 5.84. The first-order chi connectivity index (χ1) is 12.2. The van der Waals surface area contributed by atoms with Crippen LogP contribution in [0.5, 0.6) is 5.75 Å². The summed E-state index contributed by atoms with van der Waals surface area (Å²) in [5, 5.41) is 9.69. The monoisotopic (exact) mass is 375 g/mol. The standard InChI is InChI=1S/C20H22ClNO4/c1-20(2,19(24)25)26-17-10-4-14(5-11-17)12-13-22(3)18(23)15-6-8-16(21)9-7-15/h4-11H,12-13H2,1-3H3,(H,24,25). The molecule has 0 aromatic heterocycles. The fourth-order valence-corrected chi connectivity index (χ4v) is 2.40. The maximum atomic E-state index is 12.4. The molecule has 2 rings (SSSR count). The van der Waals surface area contributed by atoms with Crippen molar-refractivity contribution in [1.82, 2.24) is 4.90 Å². The predicted octanol–water partition coefficient (Wildman–Crippen LogP) is 3.90. The van der Waals surface area contributed by atoms with Crippen molar-refractivity contribution in [2.24, 2.45) is 0 Å². The summed E-state index contributed by atoms with van der Waals surface area (Å²) in [6.45, 7) is 3.56. The smallest absolute Gasteiger partial charge is 0.347 e. The summed E-state index contributed by atoms with van der Waals surface area (Å²) in [5.74, 6) is -0.597. The number of aliphatic carboxylic acids is 1. The SMILES string of the molecule is CN(CCc1ccc(OC(C)(C)C(=O)O)cc1)C(=O)c1ccc(Cl)cc1. The van der Waals surface area contributed by atoms with Crippen LogP contribution in [0.2, 0.25) is 5.02 Å². The van der Waals surface area contributed by atoms with Gasteiger partial charge in [0.05, 0.1) is 0 Å². The van der Waals surface area contributed by atoms with E-state index in [9.17, 15) is 9.59 Å². The van der Waals surface area contributed by atoms with Gasteiger partial charge >= 0.3 is 5.97 Å². The highest BCUT2D eigenvalue weighted by Crippen LogP contribution is 2.19. The molecule has 0 unspecified atom stereocenters. The molecular weight excluding hydrogens is 354 g/mol. The molecule has 2 aromatic rings. The van der Waals surface area contributed by atoms with Crippen molar-refractivity contribution in [2.75, 3.05) is 13.6 Å². The molecule has 0 saturated carbocycles. The Morgan fingerprint density at radius 3 is 2.19 bits per heavy atom. The number of hydrogen-bond donors (Lipinski definition) is 1. The minimum atomic E-state index is -1.28. The summed E-state index contributed by atoms with van der Waals surface area (Å²) in [5.41, 5.74) is 0.338. The first-order valence-corrected chi connectivity index (χ1v) is 8.59. The van der Waals surface area contributed by atoms with Gasteiger partial charge in [-0.05, 0) is 62.2 Å². The fraction of sp³-hybridized carbons (Fsp3) is 0.300. The molecule has 1 amide bonds. The van der Waals surface area contributed by atoms with Crippen LogP contribution in [0.4, 0.5) is 0 Å². The number of carboxylic acid groups (broad SMARTS) is 1. The molecule has 1 N–H and O–H groups in total. The van der Waals surface area contributed by atoms with Gasteiger partial charge in [-0.3, -0.25) is 4.79 Å². The highest BCUT2D eigenvalue weighted by Gasteiger charge is 2.29. The number of carboxylic acids is 1. The topological polar surface area (TPSA) is 66.8 Å². The molecule has 0 atom stereocenters. The van der Waals surface area contributed by atoms with E-state index in [1.807, 2.05) is 12.1 Å². The van der Waals surface area contributed by atoms with Crippen LogP contribution in [-0.2, 0) is 11.2 Å². The molecule has 0 aliphatic carbocycles. The van der Waals surface area contributed by atoms with Gasteiger partial charge in [-0.2, -0.15) is 0 Å². The first kappa shape index (κ1) is 19.8. The molecule has 2 aromatic carbocycles. The van der Waals surface area contributed by atoms with Gasteiger partial charge in [0.1, 0.15) is 5.75 Å². The number of hydrogen-bond acceptors (Lipinski definition) is 3. The number of halogens is 1. The lowest BCUT2D eigenvalue weighted by Gasteiger charge is -2.21. The number of likely N-dealkylation sites (N-methyl/N-ethyl adjacent to an activating group) is 1. The van der Waals surface area contributed by atoms with Crippen molar-refractivity contribution in [3.05, 3.63) is 64.7 Å². The molecule has 0 heterocycles. The zero-order valence-electron chi connectivity index (χ0n) is 15.0. The molecule has 6 heteroatoms. The van der Waals surface area contributed by atoms with Gasteiger partial charge < -0.3 is 14.7 Å². The van der Waals surface area contributed by atoms with E-state index in [0.29, 0.717) is 29.3 Å². The molecule has 138 valence electrons. The molecule has 0 aliphatic heterocycles. The van der Waals surface area contributed by atoms with Crippen LogP contribution in [0, 0.1) is 0 Å². The van der Waals surface area contributed by atoms with Crippen molar-refractivity contribution in [3.63, 3.8) is 0 Å². The van der Waals surface area contributed by atoms with Crippen molar-refractivity contribution in [3.8, 4) is 5.75 Å². The van der Waals surface area contributed by atoms with Crippen LogP contribution in [0.3, 0.4) is 0 Å². The van der Waals surface area contributed by atoms with E-state index < -0.39 is 11.6 Å². The Morgan fingerprint density at radius 2 is 1.65 bits per heavy atom. The van der Waals surface area contributed by atoms with Gasteiger partial charge in [0.15, 0.2) is 5.60 Å². The van der Waals surface area contributed by atoms with Crippen LogP contribution in [0.25, 0.3) is 0 Å². The average Bonchev–Trinajstić information content (AvgIpc) is 2.60. The third-order valence-electron chi connectivity index (χ3n) is 3.99. The lowest BCUT2D eigenvalue weighted by molar-refractivity contribution is -0.152. The second-order valence-corrected chi connectivity index (χ2v) is 6.98. The summed E-state index contributed by atoms with van der Waals surface area (Å²) in [6.07, 6.45) is 0.679. The molecule has 0 saturated heterocycles. The fourth-order valence-electron chi connectivity index (χ4n) is 2.27. The van der Waals surface area contributed by atoms with E-state index >= 15 is 0 Å². The third kappa shape index (κ3) is 5.23. The highest BCUT2D eigenvalue weighted by molar-refractivity contribution is 6.30. The number of benzene rings is 2. The van der Waals surface area contributed by atoms with Crippen LogP contribution in [-0.4, -0.2) is 41.1 Å². The van der Waals surface area contributed by atoms with E-state index in [4.69, 9.17) is 21.4 Å². The van der Waals surface area contributed by atoms with Crippen molar-refractivity contribution >= 4 is 23.5 Å². The normalized spacial score (nSPS) is 11.1. The minimum Gasteiger partial charge on any atom is -0.478 e. The summed E-state index contributed by atoms with van der Waals surface area (Å²) < 4.78 is 5.47. The maximum Gasteiger partial charge on any atom is 0.347 e. The average molecular weight is 376 g/mol. The quantitative estimate of drug-likeness (QED) is 0.797. The van der Waals surface area contributed by atoms with Gasteiger partial charge in [0.2, 0.25) is 0 Å². The minimum absolute atomic E-state index is 0.0650. The first-order valence-electron chi connectivity index (χ1n) is 8.21. The van der Waals surface area contributed by atoms with Gasteiger partial charge in [0.25, 0.3) is 5.91 Å². The molecule has 5 nitrogen and oxygen atoms in total. The Labute approximate surface area is 158 Å². The molecule has 0 aliphatic rings. The maximum absolute atomic E-state index is 12.4. The van der Waals surface area contributed by atoms with Gasteiger partial charge in [0, 0.05) is 24.2 Å². The number of rotatable bonds is 7. The van der Waals surface area contributed by atoms with E-state index in [1.54, 1.807) is 48.3 Å². The van der Waals surface area contributed by atoms with Crippen molar-refractivity contribution in [2.45, 2.75) is 25.9 Å². The van der Waals surface area contributed by atoms with Crippen LogP contribution in [0.15, 0.2) is 48.5 Å². The number of carbonyl (C=O) groups excluding carboxylic acids is 1. The van der Waals surface area contributed by atoms with Gasteiger partial charge in [-0.1, -0.05) is 23.7 Å². The Hall–Kier alpha value is -2.53. The molecule has 0 bridgehead atoms. The second-order valence-electron chi connectivity index (χ2n) is 6.55. The lowest BCUT2D eigenvalue weighted by Crippen LogP contribution is -2.37. The van der Waals surface area contributed by atoms with Crippen LogP contribution in [0.1, 0.15) is 29.8 Å². The molecule has 0 spiro atoms. The molecule has 0 fully saturated rings. The number of amides is 1. The lowest BCUT2D eigenvalue weighted by atomic mass is 10.1. The third-order valence-corrected chi connectivity index (χ3v) is 4.24. The van der Waals surface area contributed by atoms with E-state index in [1.165, 1.54) is 13.8 Å². The van der Waals surface area contributed by atoms with Crippen molar-refractivity contribution in [1.29, 1.82) is 0 Å². The van der Waals surface area contributed by atoms with E-state index in [-0.39, 0.29) is 5.91 Å². The van der Waals surface area contributed by atoms with Crippen LogP contribution < -0.4 is 4.74 Å². The zero-order valence-corrected chi connectivity index (χ0v) is 15.8. The van der Waals surface area contributed by atoms with Crippen LogP contribution >= 0.6 is 11.6 Å². The molecule has 26 heavy (non-hydrogen) atoms. The second kappa shape index (κ2) is 8.23. The Morgan fingerprint density at radius 1 is 1.08 bits per heavy atom. The Balaban J connectivity index is 1.92. The van der Waals surface area contributed by atoms with Crippen molar-refractivity contribution < 1.29 is 19.4 Å². The van der Waals surface area contributed by atoms with E-state index in [0.717, 1.165) is 5.56 Å². The van der Waals surface area contributed by atoms with Gasteiger partial charge in [-0.15, -0.1) is 0 Å². The number of nitrogens with zero attached hydrogens (tertiary/aromatic N) is 1. The van der Waals surface area contributed by atoms with Gasteiger partial charge in [-0.25, -0.2) is 4.79 Å². The predicted molar refractivity (Wildman–Crippen MR) is 101 cm³/mol. The Bertz CT molecular complexity index is 769. The summed E-state index contributed by atoms with van der Waals surface area (Å²) in [6, 6.07) is 14.0. The zero-order chi connectivity index (χ0) is 19.3. The Kier molecular flexibility index (Phi) is 6.27. The van der Waals surface area contributed by atoms with E-state index in [2.05, 4.69) is 0 Å². The molecule has 0 radical (unpaired) electrons.